The van der Waals surface area contributed by atoms with Gasteiger partial charge < -0.3 is 0 Å². The lowest BCUT2D eigenvalue weighted by atomic mass is 10.1. The first kappa shape index (κ1) is 12.8. The fourth-order valence-corrected chi connectivity index (χ4v) is 2.05. The summed E-state index contributed by atoms with van der Waals surface area (Å²) in [6, 6.07) is 8.08. The molecule has 0 bridgehead atoms. The Labute approximate surface area is 105 Å². The predicted molar refractivity (Wildman–Crippen MR) is 64.8 cm³/mol. The smallest absolute Gasteiger partial charge is 0.255 e. The van der Waals surface area contributed by atoms with Gasteiger partial charge in [-0.2, -0.15) is 0 Å². The summed E-state index contributed by atoms with van der Waals surface area (Å²) < 4.78 is 36.4. The van der Waals surface area contributed by atoms with Crippen molar-refractivity contribution in [1.29, 1.82) is 0 Å². The molecule has 3 nitrogen and oxygen atoms in total. The summed E-state index contributed by atoms with van der Waals surface area (Å²) in [5.41, 5.74) is 0.725. The summed E-state index contributed by atoms with van der Waals surface area (Å²) in [7, 11) is -1.12. The molecule has 0 fully saturated rings. The third-order valence-corrected chi connectivity index (χ3v) is 3.29. The van der Waals surface area contributed by atoms with Crippen LogP contribution in [0.25, 0.3) is 11.3 Å². The average molecular weight is 268 g/mol. The van der Waals surface area contributed by atoms with Crippen molar-refractivity contribution in [1.82, 2.24) is 9.97 Å². The average Bonchev–Trinajstić information content (AvgIpc) is 2.39. The normalized spacial score (nSPS) is 12.7. The van der Waals surface area contributed by atoms with E-state index in [9.17, 15) is 13.0 Å². The molecule has 0 radical (unpaired) electrons. The Kier molecular flexibility index (Phi) is 3.76. The summed E-state index contributed by atoms with van der Waals surface area (Å²) in [6.07, 6.45) is 0.0334. The highest BCUT2D eigenvalue weighted by atomic mass is 32.2. The predicted octanol–water partition coefficient (Wildman–Crippen LogP) is 2.82. The van der Waals surface area contributed by atoms with Crippen molar-refractivity contribution in [3.05, 3.63) is 42.4 Å². The van der Waals surface area contributed by atoms with Crippen molar-refractivity contribution in [2.45, 2.75) is 11.3 Å². The molecule has 18 heavy (non-hydrogen) atoms. The molecule has 1 aromatic carbocycles. The quantitative estimate of drug-likeness (QED) is 0.859. The number of nitrogens with zero attached hydrogens (tertiary/aromatic N) is 2. The fourth-order valence-electron chi connectivity index (χ4n) is 1.48. The first-order chi connectivity index (χ1) is 8.58. The van der Waals surface area contributed by atoms with Crippen LogP contribution in [0, 0.1) is 0 Å². The van der Waals surface area contributed by atoms with Gasteiger partial charge in [0.15, 0.2) is 0 Å². The van der Waals surface area contributed by atoms with Crippen molar-refractivity contribution in [3.8, 4) is 11.3 Å². The Morgan fingerprint density at radius 3 is 2.67 bits per heavy atom. The standard InChI is InChI=1S/C12H10F2N2OS/c1-18(17)9-4-2-3-8(5-9)10-6-11(12(13)14)16-7-15-10/h2-7,12H,1H3. The molecule has 1 heterocycles. The zero-order valence-corrected chi connectivity index (χ0v) is 10.3. The maximum absolute atomic E-state index is 12.5. The van der Waals surface area contributed by atoms with E-state index in [-0.39, 0.29) is 5.69 Å². The largest absolute Gasteiger partial charge is 0.280 e. The molecule has 0 aliphatic heterocycles. The van der Waals surface area contributed by atoms with Crippen LogP contribution in [0.4, 0.5) is 8.78 Å². The van der Waals surface area contributed by atoms with E-state index in [1.54, 1.807) is 30.5 Å². The molecular formula is C12H10F2N2OS. The van der Waals surface area contributed by atoms with E-state index in [4.69, 9.17) is 0 Å². The van der Waals surface area contributed by atoms with E-state index in [1.807, 2.05) is 0 Å². The second-order valence-electron chi connectivity index (χ2n) is 3.61. The molecular weight excluding hydrogens is 258 g/mol. The minimum Gasteiger partial charge on any atom is -0.255 e. The molecule has 1 aromatic heterocycles. The van der Waals surface area contributed by atoms with Crippen LogP contribution in [0.3, 0.4) is 0 Å². The lowest BCUT2D eigenvalue weighted by Gasteiger charge is -2.04. The molecule has 2 aromatic rings. The molecule has 1 unspecified atom stereocenters. The Balaban J connectivity index is 2.45. The minimum absolute atomic E-state index is 0.317. The van der Waals surface area contributed by atoms with E-state index in [0.717, 1.165) is 6.33 Å². The first-order valence-corrected chi connectivity index (χ1v) is 6.67. The molecule has 1 atom stereocenters. The second-order valence-corrected chi connectivity index (χ2v) is 4.99. The highest BCUT2D eigenvalue weighted by Gasteiger charge is 2.11. The molecule has 0 saturated carbocycles. The first-order valence-electron chi connectivity index (χ1n) is 5.12. The maximum atomic E-state index is 12.5. The van der Waals surface area contributed by atoms with Crippen LogP contribution in [-0.4, -0.2) is 20.4 Å². The molecule has 0 spiro atoms. The van der Waals surface area contributed by atoms with E-state index < -0.39 is 17.2 Å². The Morgan fingerprint density at radius 1 is 1.22 bits per heavy atom. The van der Waals surface area contributed by atoms with Gasteiger partial charge in [-0.3, -0.25) is 4.21 Å². The van der Waals surface area contributed by atoms with Crippen molar-refractivity contribution in [3.63, 3.8) is 0 Å². The van der Waals surface area contributed by atoms with Gasteiger partial charge in [-0.05, 0) is 18.2 Å². The van der Waals surface area contributed by atoms with Crippen LogP contribution in [0.15, 0.2) is 41.6 Å². The van der Waals surface area contributed by atoms with Crippen LogP contribution < -0.4 is 0 Å². The van der Waals surface area contributed by atoms with Gasteiger partial charge in [-0.1, -0.05) is 12.1 Å². The molecule has 6 heteroatoms. The molecule has 0 N–H and O–H groups in total. The SMILES string of the molecule is CS(=O)c1cccc(-c2cc(C(F)F)ncn2)c1. The number of hydrogen-bond donors (Lipinski definition) is 0. The highest BCUT2D eigenvalue weighted by Crippen LogP contribution is 2.23. The van der Waals surface area contributed by atoms with E-state index >= 15 is 0 Å². The van der Waals surface area contributed by atoms with Crippen LogP contribution >= 0.6 is 0 Å². The van der Waals surface area contributed by atoms with Crippen LogP contribution in [0.1, 0.15) is 12.1 Å². The van der Waals surface area contributed by atoms with Gasteiger partial charge in [0.05, 0.1) is 5.69 Å². The van der Waals surface area contributed by atoms with Crippen LogP contribution in [-0.2, 0) is 10.8 Å². The summed E-state index contributed by atoms with van der Waals surface area (Å²) in [4.78, 5) is 8.08. The number of halogens is 2. The topological polar surface area (TPSA) is 42.9 Å². The van der Waals surface area contributed by atoms with Gasteiger partial charge in [0.1, 0.15) is 12.0 Å². The van der Waals surface area contributed by atoms with Gasteiger partial charge >= 0.3 is 0 Å². The van der Waals surface area contributed by atoms with Crippen LogP contribution in [0.2, 0.25) is 0 Å². The zero-order valence-electron chi connectivity index (χ0n) is 9.51. The van der Waals surface area contributed by atoms with Gasteiger partial charge in [0.2, 0.25) is 0 Å². The lowest BCUT2D eigenvalue weighted by molar-refractivity contribution is 0.146. The number of aromatic nitrogens is 2. The molecule has 94 valence electrons. The number of benzene rings is 1. The van der Waals surface area contributed by atoms with E-state index in [0.29, 0.717) is 16.2 Å². The molecule has 0 aliphatic carbocycles. The van der Waals surface area contributed by atoms with Crippen molar-refractivity contribution < 1.29 is 13.0 Å². The van der Waals surface area contributed by atoms with E-state index in [1.165, 1.54) is 6.07 Å². The third kappa shape index (κ3) is 2.76. The number of rotatable bonds is 3. The van der Waals surface area contributed by atoms with Gasteiger partial charge in [0.25, 0.3) is 6.43 Å². The molecule has 2 rings (SSSR count). The number of hydrogen-bond acceptors (Lipinski definition) is 3. The number of alkyl halides is 2. The highest BCUT2D eigenvalue weighted by molar-refractivity contribution is 7.84. The molecule has 0 aliphatic rings. The summed E-state index contributed by atoms with van der Waals surface area (Å²) in [6.45, 7) is 0. The Hall–Kier alpha value is -1.69. The van der Waals surface area contributed by atoms with Crippen molar-refractivity contribution >= 4 is 10.8 Å². The second kappa shape index (κ2) is 5.30. The van der Waals surface area contributed by atoms with Crippen LogP contribution in [0.5, 0.6) is 0 Å². The fraction of sp³-hybridized carbons (Fsp3) is 0.167. The van der Waals surface area contributed by atoms with Crippen molar-refractivity contribution in [2.75, 3.05) is 6.26 Å². The molecule has 0 saturated heterocycles. The van der Waals surface area contributed by atoms with Gasteiger partial charge in [0, 0.05) is 27.5 Å². The Bertz CT molecular complexity index is 590. The Morgan fingerprint density at radius 2 is 2.00 bits per heavy atom. The zero-order chi connectivity index (χ0) is 13.1. The summed E-state index contributed by atoms with van der Waals surface area (Å²) in [5.74, 6) is 0. The maximum Gasteiger partial charge on any atom is 0.280 e. The lowest BCUT2D eigenvalue weighted by Crippen LogP contribution is -1.94. The summed E-state index contributed by atoms with van der Waals surface area (Å²) >= 11 is 0. The monoisotopic (exact) mass is 268 g/mol. The van der Waals surface area contributed by atoms with Gasteiger partial charge in [-0.15, -0.1) is 0 Å². The van der Waals surface area contributed by atoms with E-state index in [2.05, 4.69) is 9.97 Å². The van der Waals surface area contributed by atoms with Crippen molar-refractivity contribution in [2.24, 2.45) is 0 Å². The van der Waals surface area contributed by atoms with Gasteiger partial charge in [-0.25, -0.2) is 18.7 Å². The minimum atomic E-state index is -2.63. The molecule has 0 amide bonds. The summed E-state index contributed by atoms with van der Waals surface area (Å²) in [5, 5.41) is 0. The third-order valence-electron chi connectivity index (χ3n) is 2.37.